The van der Waals surface area contributed by atoms with E-state index in [2.05, 4.69) is 24.3 Å². The summed E-state index contributed by atoms with van der Waals surface area (Å²) >= 11 is 0. The Morgan fingerprint density at radius 2 is 1.67 bits per heavy atom. The number of carbonyl (C=O) groups is 1. The average Bonchev–Trinajstić information content (AvgIpc) is 2.64. The molecular weight excluding hydrogens is 300 g/mol. The Morgan fingerprint density at radius 1 is 1.08 bits per heavy atom. The summed E-state index contributed by atoms with van der Waals surface area (Å²) in [6.45, 7) is 4.04. The highest BCUT2D eigenvalue weighted by Gasteiger charge is 2.49. The van der Waals surface area contributed by atoms with Gasteiger partial charge in [-0.15, -0.1) is 0 Å². The topological polar surface area (TPSA) is 35.5 Å². The quantitative estimate of drug-likeness (QED) is 0.583. The van der Waals surface area contributed by atoms with E-state index in [9.17, 15) is 4.79 Å². The summed E-state index contributed by atoms with van der Waals surface area (Å²) in [4.78, 5) is 11.7. The molecule has 4 rings (SSSR count). The Hall–Kier alpha value is -1.61. The summed E-state index contributed by atoms with van der Waals surface area (Å²) in [6.07, 6.45) is 9.08. The molecule has 0 aromatic heterocycles. The molecule has 3 heteroatoms. The average molecular weight is 328 g/mol. The molecule has 3 saturated carbocycles. The number of rotatable bonds is 5. The van der Waals surface area contributed by atoms with Crippen LogP contribution in [0.2, 0.25) is 0 Å². The maximum atomic E-state index is 11.7. The number of benzene rings is 1. The molecule has 3 aliphatic rings. The molecule has 0 aliphatic heterocycles. The maximum absolute atomic E-state index is 11.7. The van der Waals surface area contributed by atoms with E-state index in [-0.39, 0.29) is 11.6 Å². The molecule has 1 aromatic carbocycles. The van der Waals surface area contributed by atoms with E-state index in [0.29, 0.717) is 17.6 Å². The van der Waals surface area contributed by atoms with Gasteiger partial charge in [0.2, 0.25) is 0 Å². The van der Waals surface area contributed by atoms with Crippen molar-refractivity contribution in [3.63, 3.8) is 0 Å². The fourth-order valence-electron chi connectivity index (χ4n) is 4.38. The van der Waals surface area contributed by atoms with Crippen molar-refractivity contribution in [3.05, 3.63) is 41.0 Å². The minimum Gasteiger partial charge on any atom is -0.463 e. The Labute approximate surface area is 145 Å². The number of carbonyl (C=O) groups excluding carboxylic acids is 1. The second-order valence-electron chi connectivity index (χ2n) is 7.34. The van der Waals surface area contributed by atoms with Crippen LogP contribution >= 0.6 is 0 Å². The van der Waals surface area contributed by atoms with E-state index in [1.165, 1.54) is 44.1 Å². The summed E-state index contributed by atoms with van der Waals surface area (Å²) in [5.74, 6) is -0.240. The molecule has 0 unspecified atom stereocenters. The van der Waals surface area contributed by atoms with Gasteiger partial charge in [0.15, 0.2) is 0 Å². The molecular formula is C21H28O3. The Morgan fingerprint density at radius 3 is 2.17 bits per heavy atom. The molecule has 0 N–H and O–H groups in total. The Bertz CT molecular complexity index is 602. The normalized spacial score (nSPS) is 29.5. The monoisotopic (exact) mass is 328 g/mol. The molecule has 0 amide bonds. The van der Waals surface area contributed by atoms with Crippen LogP contribution in [-0.4, -0.2) is 25.3 Å². The molecule has 24 heavy (non-hydrogen) atoms. The first kappa shape index (κ1) is 17.2. The standard InChI is InChI=1S/C21H28O3/c1-4-24-19(22)16(2)15-17-5-7-18(8-6-17)20-9-12-21(23-3,13-10-20)14-11-20/h5-8,15H,4,9-14H2,1-3H3. The van der Waals surface area contributed by atoms with Gasteiger partial charge in [0.05, 0.1) is 12.2 Å². The van der Waals surface area contributed by atoms with Gasteiger partial charge >= 0.3 is 5.97 Å². The molecule has 3 fully saturated rings. The maximum Gasteiger partial charge on any atom is 0.333 e. The van der Waals surface area contributed by atoms with Crippen molar-refractivity contribution in [3.8, 4) is 0 Å². The molecule has 3 aliphatic carbocycles. The highest BCUT2D eigenvalue weighted by atomic mass is 16.5. The Kier molecular flexibility index (Phi) is 4.82. The third-order valence-corrected chi connectivity index (χ3v) is 6.11. The number of ether oxygens (including phenoxy) is 2. The van der Waals surface area contributed by atoms with Gasteiger partial charge in [-0.3, -0.25) is 0 Å². The van der Waals surface area contributed by atoms with Crippen molar-refractivity contribution in [1.82, 2.24) is 0 Å². The predicted molar refractivity (Wildman–Crippen MR) is 95.8 cm³/mol. The lowest BCUT2D eigenvalue weighted by atomic mass is 9.56. The lowest BCUT2D eigenvalue weighted by Crippen LogP contribution is -2.49. The zero-order valence-electron chi connectivity index (χ0n) is 15.1. The molecule has 130 valence electrons. The van der Waals surface area contributed by atoms with Crippen LogP contribution in [0.15, 0.2) is 29.8 Å². The van der Waals surface area contributed by atoms with Gasteiger partial charge < -0.3 is 9.47 Å². The Balaban J connectivity index is 1.74. The van der Waals surface area contributed by atoms with Crippen molar-refractivity contribution >= 4 is 12.0 Å². The van der Waals surface area contributed by atoms with E-state index < -0.39 is 0 Å². The summed E-state index contributed by atoms with van der Waals surface area (Å²) in [5.41, 5.74) is 3.62. The third-order valence-electron chi connectivity index (χ3n) is 6.11. The van der Waals surface area contributed by atoms with E-state index in [4.69, 9.17) is 9.47 Å². The van der Waals surface area contributed by atoms with Gasteiger partial charge in [-0.25, -0.2) is 4.79 Å². The van der Waals surface area contributed by atoms with E-state index in [1.54, 1.807) is 6.92 Å². The van der Waals surface area contributed by atoms with Crippen LogP contribution in [0.4, 0.5) is 0 Å². The lowest BCUT2D eigenvalue weighted by Gasteiger charge is -2.53. The van der Waals surface area contributed by atoms with Gasteiger partial charge in [0.25, 0.3) is 0 Å². The SMILES string of the molecule is CCOC(=O)C(C)=Cc1ccc(C23CCC(OC)(CC2)CC3)cc1. The van der Waals surface area contributed by atoms with Gasteiger partial charge in [0, 0.05) is 12.7 Å². The summed E-state index contributed by atoms with van der Waals surface area (Å²) in [7, 11) is 1.87. The number of hydrogen-bond acceptors (Lipinski definition) is 3. The molecule has 2 bridgehead atoms. The van der Waals surface area contributed by atoms with Crippen LogP contribution in [0.25, 0.3) is 6.08 Å². The molecule has 0 saturated heterocycles. The van der Waals surface area contributed by atoms with E-state index in [0.717, 1.165) is 5.56 Å². The van der Waals surface area contributed by atoms with Crippen LogP contribution in [0.5, 0.6) is 0 Å². The lowest BCUT2D eigenvalue weighted by molar-refractivity contribution is -0.138. The molecule has 0 radical (unpaired) electrons. The summed E-state index contributed by atoms with van der Waals surface area (Å²) in [6, 6.07) is 8.74. The fraction of sp³-hybridized carbons (Fsp3) is 0.571. The van der Waals surface area contributed by atoms with Gasteiger partial charge in [-0.1, -0.05) is 24.3 Å². The molecule has 3 nitrogen and oxygen atoms in total. The largest absolute Gasteiger partial charge is 0.463 e. The minimum absolute atomic E-state index is 0.154. The van der Waals surface area contributed by atoms with Gasteiger partial charge in [0.1, 0.15) is 0 Å². The predicted octanol–water partition coefficient (Wildman–Crippen LogP) is 4.64. The summed E-state index contributed by atoms with van der Waals surface area (Å²) in [5, 5.41) is 0. The van der Waals surface area contributed by atoms with Crippen LogP contribution in [0, 0.1) is 0 Å². The fourth-order valence-corrected chi connectivity index (χ4v) is 4.38. The first-order valence-electron chi connectivity index (χ1n) is 9.04. The van der Waals surface area contributed by atoms with E-state index in [1.807, 2.05) is 20.1 Å². The molecule has 0 atom stereocenters. The van der Waals surface area contributed by atoms with Crippen molar-refractivity contribution in [2.45, 2.75) is 63.4 Å². The zero-order chi connectivity index (χ0) is 17.2. The van der Waals surface area contributed by atoms with E-state index >= 15 is 0 Å². The van der Waals surface area contributed by atoms with Crippen molar-refractivity contribution in [2.75, 3.05) is 13.7 Å². The number of hydrogen-bond donors (Lipinski definition) is 0. The molecule has 0 spiro atoms. The highest BCUT2D eigenvalue weighted by Crippen LogP contribution is 2.54. The van der Waals surface area contributed by atoms with Crippen molar-refractivity contribution < 1.29 is 14.3 Å². The van der Waals surface area contributed by atoms with Crippen LogP contribution in [0.3, 0.4) is 0 Å². The second-order valence-corrected chi connectivity index (χ2v) is 7.34. The number of fused-ring (bicyclic) bond motifs is 3. The minimum atomic E-state index is -0.240. The molecule has 1 aromatic rings. The molecule has 0 heterocycles. The van der Waals surface area contributed by atoms with Crippen LogP contribution in [-0.2, 0) is 19.7 Å². The van der Waals surface area contributed by atoms with Crippen LogP contribution in [0.1, 0.15) is 63.5 Å². The number of esters is 1. The first-order valence-corrected chi connectivity index (χ1v) is 9.04. The third kappa shape index (κ3) is 3.14. The zero-order valence-corrected chi connectivity index (χ0v) is 15.1. The summed E-state index contributed by atoms with van der Waals surface area (Å²) < 4.78 is 10.8. The van der Waals surface area contributed by atoms with Crippen LogP contribution < -0.4 is 0 Å². The second kappa shape index (κ2) is 6.72. The van der Waals surface area contributed by atoms with Crippen molar-refractivity contribution in [1.29, 1.82) is 0 Å². The van der Waals surface area contributed by atoms with Gasteiger partial charge in [-0.2, -0.15) is 0 Å². The van der Waals surface area contributed by atoms with Gasteiger partial charge in [-0.05, 0) is 75.0 Å². The smallest absolute Gasteiger partial charge is 0.333 e. The highest BCUT2D eigenvalue weighted by molar-refractivity contribution is 5.92. The number of methoxy groups -OCH3 is 1. The van der Waals surface area contributed by atoms with Crippen molar-refractivity contribution in [2.24, 2.45) is 0 Å². The first-order chi connectivity index (χ1) is 11.5.